The van der Waals surface area contributed by atoms with Crippen molar-refractivity contribution in [3.8, 4) is 5.75 Å². The monoisotopic (exact) mass is 383 g/mol. The second-order valence-corrected chi connectivity index (χ2v) is 9.24. The highest BCUT2D eigenvalue weighted by Gasteiger charge is 2.39. The van der Waals surface area contributed by atoms with E-state index in [4.69, 9.17) is 4.74 Å². The molecule has 8 heteroatoms. The van der Waals surface area contributed by atoms with Crippen LogP contribution >= 0.6 is 0 Å². The number of hydrogen-bond donors (Lipinski definition) is 1. The number of ether oxygens (including phenoxy) is 1. The molecule has 7 nitrogen and oxygen atoms in total. The van der Waals surface area contributed by atoms with E-state index in [1.807, 2.05) is 45.0 Å². The second-order valence-electron chi connectivity index (χ2n) is 7.32. The Balaban J connectivity index is 1.99. The molecule has 0 saturated carbocycles. The average Bonchev–Trinajstić information content (AvgIpc) is 2.97. The molecule has 1 amide bonds. The fourth-order valence-corrected chi connectivity index (χ4v) is 3.84. The first kappa shape index (κ1) is 20.7. The minimum Gasteiger partial charge on any atom is -0.484 e. The Hall–Kier alpha value is -1.64. The normalized spacial score (nSPS) is 20.8. The number of carbonyl (C=O) groups excluding carboxylic acids is 1. The van der Waals surface area contributed by atoms with E-state index in [1.54, 1.807) is 4.90 Å². The highest BCUT2D eigenvalue weighted by Crippen LogP contribution is 2.25. The highest BCUT2D eigenvalue weighted by molar-refractivity contribution is 7.87. The Kier molecular flexibility index (Phi) is 6.65. The van der Waals surface area contributed by atoms with Crippen molar-refractivity contribution in [2.24, 2.45) is 11.8 Å². The molecule has 2 atom stereocenters. The predicted molar refractivity (Wildman–Crippen MR) is 101 cm³/mol. The van der Waals surface area contributed by atoms with Gasteiger partial charge in [0.1, 0.15) is 5.75 Å². The van der Waals surface area contributed by atoms with Gasteiger partial charge >= 0.3 is 0 Å². The summed E-state index contributed by atoms with van der Waals surface area (Å²) in [6.45, 7) is 6.89. The van der Waals surface area contributed by atoms with Crippen molar-refractivity contribution in [1.82, 2.24) is 13.9 Å². The minimum atomic E-state index is -3.54. The molecule has 1 aromatic rings. The van der Waals surface area contributed by atoms with Crippen LogP contribution in [0.25, 0.3) is 0 Å². The Labute approximate surface area is 156 Å². The van der Waals surface area contributed by atoms with Gasteiger partial charge in [-0.3, -0.25) is 4.79 Å². The summed E-state index contributed by atoms with van der Waals surface area (Å²) in [5.41, 5.74) is 1.12. The first-order valence-corrected chi connectivity index (χ1v) is 10.2. The number of carbonyl (C=O) groups is 1. The Morgan fingerprint density at radius 2 is 1.88 bits per heavy atom. The number of amides is 1. The molecule has 0 radical (unpaired) electrons. The smallest absolute Gasteiger partial charge is 0.279 e. The van der Waals surface area contributed by atoms with Gasteiger partial charge in [-0.15, -0.1) is 0 Å². The van der Waals surface area contributed by atoms with Crippen LogP contribution < -0.4 is 9.46 Å². The molecule has 1 aliphatic rings. The van der Waals surface area contributed by atoms with Crippen molar-refractivity contribution >= 4 is 16.1 Å². The zero-order valence-corrected chi connectivity index (χ0v) is 16.9. The summed E-state index contributed by atoms with van der Waals surface area (Å²) < 4.78 is 33.7. The Morgan fingerprint density at radius 3 is 2.42 bits per heavy atom. The van der Waals surface area contributed by atoms with Crippen molar-refractivity contribution in [2.75, 3.05) is 33.8 Å². The predicted octanol–water partition coefficient (Wildman–Crippen LogP) is 1.25. The first-order valence-electron chi connectivity index (χ1n) is 8.77. The Morgan fingerprint density at radius 1 is 1.27 bits per heavy atom. The standard InChI is InChI=1S/C18H29N3O4S/c1-13(2)16-10-21(11-17(16)19-26(23,24)20(4)5)18(22)12-25-15-8-6-14(3)7-9-15/h6-9,13,16-17,19H,10-12H2,1-5H3/t16-,17+/m0/s1. The molecule has 26 heavy (non-hydrogen) atoms. The van der Waals surface area contributed by atoms with Gasteiger partial charge in [-0.1, -0.05) is 31.5 Å². The maximum Gasteiger partial charge on any atom is 0.279 e. The molecule has 1 N–H and O–H groups in total. The summed E-state index contributed by atoms with van der Waals surface area (Å²) in [6, 6.07) is 7.22. The molecule has 0 spiro atoms. The lowest BCUT2D eigenvalue weighted by atomic mass is 9.92. The van der Waals surface area contributed by atoms with Crippen molar-refractivity contribution in [2.45, 2.75) is 26.8 Å². The van der Waals surface area contributed by atoms with Crippen LogP contribution in [0.4, 0.5) is 0 Å². The number of aryl methyl sites for hydroxylation is 1. The summed E-state index contributed by atoms with van der Waals surface area (Å²) in [6.07, 6.45) is 0. The van der Waals surface area contributed by atoms with E-state index < -0.39 is 10.2 Å². The minimum absolute atomic E-state index is 0.0545. The lowest BCUT2D eigenvalue weighted by molar-refractivity contribution is -0.132. The number of nitrogens with one attached hydrogen (secondary N) is 1. The molecule has 1 saturated heterocycles. The average molecular weight is 384 g/mol. The van der Waals surface area contributed by atoms with Crippen molar-refractivity contribution in [1.29, 1.82) is 0 Å². The van der Waals surface area contributed by atoms with E-state index in [0.717, 1.165) is 9.87 Å². The number of benzene rings is 1. The highest BCUT2D eigenvalue weighted by atomic mass is 32.2. The topological polar surface area (TPSA) is 79.0 Å². The van der Waals surface area contributed by atoms with Crippen LogP contribution in [0.5, 0.6) is 5.75 Å². The molecule has 0 aromatic heterocycles. The molecule has 2 rings (SSSR count). The van der Waals surface area contributed by atoms with Crippen LogP contribution in [-0.4, -0.2) is 63.4 Å². The zero-order valence-electron chi connectivity index (χ0n) is 16.1. The van der Waals surface area contributed by atoms with Gasteiger partial charge in [-0.05, 0) is 30.9 Å². The number of nitrogens with zero attached hydrogens (tertiary/aromatic N) is 2. The summed E-state index contributed by atoms with van der Waals surface area (Å²) in [5.74, 6) is 0.824. The van der Waals surface area contributed by atoms with Crippen molar-refractivity contribution in [3.63, 3.8) is 0 Å². The Bertz CT molecular complexity index is 716. The number of rotatable bonds is 7. The van der Waals surface area contributed by atoms with E-state index >= 15 is 0 Å². The van der Waals surface area contributed by atoms with Crippen LogP contribution in [0.1, 0.15) is 19.4 Å². The molecule has 1 aliphatic heterocycles. The van der Waals surface area contributed by atoms with Crippen molar-refractivity contribution < 1.29 is 17.9 Å². The largest absolute Gasteiger partial charge is 0.484 e. The summed E-state index contributed by atoms with van der Waals surface area (Å²) >= 11 is 0. The van der Waals surface area contributed by atoms with E-state index in [-0.39, 0.29) is 30.4 Å². The van der Waals surface area contributed by atoms with E-state index in [0.29, 0.717) is 18.8 Å². The van der Waals surface area contributed by atoms with E-state index in [1.165, 1.54) is 14.1 Å². The van der Waals surface area contributed by atoms with Gasteiger partial charge in [0.05, 0.1) is 0 Å². The zero-order chi connectivity index (χ0) is 19.5. The third kappa shape index (κ3) is 5.18. The molecule has 0 aliphatic carbocycles. The van der Waals surface area contributed by atoms with Gasteiger partial charge in [0.25, 0.3) is 16.1 Å². The van der Waals surface area contributed by atoms with Crippen molar-refractivity contribution in [3.05, 3.63) is 29.8 Å². The summed E-state index contributed by atoms with van der Waals surface area (Å²) in [4.78, 5) is 14.2. The van der Waals surface area contributed by atoms with Gasteiger partial charge < -0.3 is 9.64 Å². The molecule has 0 bridgehead atoms. The molecule has 1 fully saturated rings. The molecule has 1 aromatic carbocycles. The molecule has 0 unspecified atom stereocenters. The van der Waals surface area contributed by atoms with Gasteiger partial charge in [-0.2, -0.15) is 17.4 Å². The van der Waals surface area contributed by atoms with Crippen LogP contribution in [0.15, 0.2) is 24.3 Å². The fraction of sp³-hybridized carbons (Fsp3) is 0.611. The maximum absolute atomic E-state index is 12.5. The molecular weight excluding hydrogens is 354 g/mol. The SMILES string of the molecule is Cc1ccc(OCC(=O)N2C[C@@H](NS(=O)(=O)N(C)C)[C@H](C(C)C)C2)cc1. The molecule has 146 valence electrons. The summed E-state index contributed by atoms with van der Waals surface area (Å²) in [5, 5.41) is 0. The first-order chi connectivity index (χ1) is 12.1. The van der Waals surface area contributed by atoms with Crippen LogP contribution in [0.3, 0.4) is 0 Å². The van der Waals surface area contributed by atoms with Gasteiger partial charge in [0.2, 0.25) is 0 Å². The fourth-order valence-electron chi connectivity index (χ4n) is 3.00. The van der Waals surface area contributed by atoms with Crippen LogP contribution in [0.2, 0.25) is 0 Å². The van der Waals surface area contributed by atoms with Crippen LogP contribution in [-0.2, 0) is 15.0 Å². The van der Waals surface area contributed by atoms with E-state index in [9.17, 15) is 13.2 Å². The molecule has 1 heterocycles. The molecular formula is C18H29N3O4S. The number of likely N-dealkylation sites (tertiary alicyclic amines) is 1. The number of hydrogen-bond acceptors (Lipinski definition) is 4. The maximum atomic E-state index is 12.5. The lowest BCUT2D eigenvalue weighted by Gasteiger charge is -2.24. The van der Waals surface area contributed by atoms with Gasteiger partial charge in [0.15, 0.2) is 6.61 Å². The third-order valence-corrected chi connectivity index (χ3v) is 6.30. The second kappa shape index (κ2) is 8.37. The van der Waals surface area contributed by atoms with Gasteiger partial charge in [0, 0.05) is 33.2 Å². The van der Waals surface area contributed by atoms with Gasteiger partial charge in [-0.25, -0.2) is 0 Å². The quantitative estimate of drug-likeness (QED) is 0.769. The summed E-state index contributed by atoms with van der Waals surface area (Å²) in [7, 11) is -0.570. The third-order valence-electron chi connectivity index (χ3n) is 4.74. The van der Waals surface area contributed by atoms with E-state index in [2.05, 4.69) is 4.72 Å². The lowest BCUT2D eigenvalue weighted by Crippen LogP contribution is -2.47. The van der Waals surface area contributed by atoms with Crippen LogP contribution in [0, 0.1) is 18.8 Å².